The van der Waals surface area contributed by atoms with Gasteiger partial charge in [0.05, 0.1) is 19.2 Å². The zero-order chi connectivity index (χ0) is 10.6. The Balaban J connectivity index is 2.27. The van der Waals surface area contributed by atoms with E-state index >= 15 is 0 Å². The third kappa shape index (κ3) is 3.03. The molecule has 4 heteroatoms. The van der Waals surface area contributed by atoms with E-state index in [0.29, 0.717) is 6.54 Å². The minimum Gasteiger partial charge on any atom is -0.496 e. The molecule has 0 saturated carbocycles. The van der Waals surface area contributed by atoms with Crippen molar-refractivity contribution in [3.05, 3.63) is 11.8 Å². The zero-order valence-corrected chi connectivity index (χ0v) is 8.75. The Morgan fingerprint density at radius 1 is 1.71 bits per heavy atom. The summed E-state index contributed by atoms with van der Waals surface area (Å²) in [5.41, 5.74) is 5.67. The second-order valence-electron chi connectivity index (χ2n) is 3.80. The third-order valence-electron chi connectivity index (χ3n) is 2.24. The number of ether oxygens (including phenoxy) is 1. The maximum absolute atomic E-state index is 11.4. The summed E-state index contributed by atoms with van der Waals surface area (Å²) in [4.78, 5) is 11.4. The molecule has 80 valence electrons. The van der Waals surface area contributed by atoms with Crippen LogP contribution < -0.4 is 11.1 Å². The molecule has 0 aromatic rings. The van der Waals surface area contributed by atoms with Crippen molar-refractivity contribution in [2.24, 2.45) is 11.7 Å². The minimum atomic E-state index is -0.433. The lowest BCUT2D eigenvalue weighted by atomic mass is 10.1. The first-order chi connectivity index (χ1) is 6.61. The molecule has 0 unspecified atom stereocenters. The normalized spacial score (nSPS) is 17.6. The summed E-state index contributed by atoms with van der Waals surface area (Å²) in [6.45, 7) is 5.03. The summed E-state index contributed by atoms with van der Waals surface area (Å²) < 4.78 is 5.25. The first kappa shape index (κ1) is 11.0. The van der Waals surface area contributed by atoms with Crippen LogP contribution in [0.5, 0.6) is 0 Å². The topological polar surface area (TPSA) is 64.4 Å². The number of carbonyl (C=O) groups is 1. The molecule has 1 aliphatic heterocycles. The molecule has 0 aromatic heterocycles. The van der Waals surface area contributed by atoms with Crippen LogP contribution in [0.15, 0.2) is 11.8 Å². The fraction of sp³-hybridized carbons (Fsp3) is 0.700. The van der Waals surface area contributed by atoms with Crippen molar-refractivity contribution in [2.75, 3.05) is 13.2 Å². The molecular formula is C10H18N2O2. The molecule has 0 radical (unpaired) electrons. The van der Waals surface area contributed by atoms with Gasteiger partial charge >= 0.3 is 0 Å². The van der Waals surface area contributed by atoms with Gasteiger partial charge in [-0.25, -0.2) is 0 Å². The molecule has 0 saturated heterocycles. The lowest BCUT2D eigenvalue weighted by Gasteiger charge is -2.15. The molecular weight excluding hydrogens is 180 g/mol. The van der Waals surface area contributed by atoms with Crippen LogP contribution in [0, 0.1) is 5.92 Å². The molecule has 0 fully saturated rings. The Morgan fingerprint density at radius 2 is 2.43 bits per heavy atom. The van der Waals surface area contributed by atoms with Gasteiger partial charge in [-0.3, -0.25) is 4.79 Å². The molecule has 1 amide bonds. The molecule has 3 N–H and O–H groups in total. The smallest absolute Gasteiger partial charge is 0.237 e. The molecule has 1 rings (SSSR count). The predicted octanol–water partition coefficient (Wildman–Crippen LogP) is 0.390. The highest BCUT2D eigenvalue weighted by molar-refractivity contribution is 5.81. The summed E-state index contributed by atoms with van der Waals surface area (Å²) in [6.07, 6.45) is 2.92. The number of nitrogens with one attached hydrogen (secondary N) is 1. The number of hydrogen-bond donors (Lipinski definition) is 2. The minimum absolute atomic E-state index is 0.114. The fourth-order valence-corrected chi connectivity index (χ4v) is 1.19. The molecule has 1 heterocycles. The van der Waals surface area contributed by atoms with Crippen molar-refractivity contribution in [3.63, 3.8) is 0 Å². The van der Waals surface area contributed by atoms with Crippen LogP contribution in [0.4, 0.5) is 0 Å². The van der Waals surface area contributed by atoms with Crippen molar-refractivity contribution >= 4 is 5.91 Å². The van der Waals surface area contributed by atoms with E-state index in [9.17, 15) is 4.79 Å². The van der Waals surface area contributed by atoms with Crippen molar-refractivity contribution in [1.29, 1.82) is 0 Å². The van der Waals surface area contributed by atoms with Crippen molar-refractivity contribution in [2.45, 2.75) is 26.3 Å². The predicted molar refractivity (Wildman–Crippen MR) is 54.5 cm³/mol. The SMILES string of the molecule is CC(C)[C@@H](N)C(=O)NCC1=CCCO1. The highest BCUT2D eigenvalue weighted by Crippen LogP contribution is 2.07. The van der Waals surface area contributed by atoms with E-state index in [0.717, 1.165) is 18.8 Å². The van der Waals surface area contributed by atoms with Gasteiger partial charge in [-0.05, 0) is 12.0 Å². The quantitative estimate of drug-likeness (QED) is 0.687. The second-order valence-corrected chi connectivity index (χ2v) is 3.80. The van der Waals surface area contributed by atoms with Crippen LogP contribution in [-0.2, 0) is 9.53 Å². The van der Waals surface area contributed by atoms with E-state index < -0.39 is 6.04 Å². The van der Waals surface area contributed by atoms with Crippen LogP contribution >= 0.6 is 0 Å². The van der Waals surface area contributed by atoms with Gasteiger partial charge in [0.25, 0.3) is 0 Å². The second kappa shape index (κ2) is 5.00. The number of carbonyl (C=O) groups excluding carboxylic acids is 1. The number of nitrogens with two attached hydrogens (primary N) is 1. The molecule has 4 nitrogen and oxygen atoms in total. The maximum Gasteiger partial charge on any atom is 0.237 e. The summed E-state index contributed by atoms with van der Waals surface area (Å²) in [7, 11) is 0. The van der Waals surface area contributed by atoms with E-state index in [-0.39, 0.29) is 11.8 Å². The van der Waals surface area contributed by atoms with Crippen molar-refractivity contribution in [1.82, 2.24) is 5.32 Å². The first-order valence-corrected chi connectivity index (χ1v) is 4.96. The standard InChI is InChI=1S/C10H18N2O2/c1-7(2)9(11)10(13)12-6-8-4-3-5-14-8/h4,7,9H,3,5-6,11H2,1-2H3,(H,12,13)/t9-/m1/s1. The van der Waals surface area contributed by atoms with Crippen LogP contribution in [-0.4, -0.2) is 25.1 Å². The van der Waals surface area contributed by atoms with Crippen LogP contribution in [0.2, 0.25) is 0 Å². The van der Waals surface area contributed by atoms with Gasteiger partial charge in [0.1, 0.15) is 5.76 Å². The Bertz CT molecular complexity index is 236. The lowest BCUT2D eigenvalue weighted by molar-refractivity contribution is -0.123. The Kier molecular flexibility index (Phi) is 3.95. The van der Waals surface area contributed by atoms with E-state index in [2.05, 4.69) is 5.32 Å². The van der Waals surface area contributed by atoms with Crippen LogP contribution in [0.25, 0.3) is 0 Å². The molecule has 0 aromatic carbocycles. The van der Waals surface area contributed by atoms with Gasteiger partial charge in [-0.1, -0.05) is 13.8 Å². The van der Waals surface area contributed by atoms with E-state index in [1.807, 2.05) is 19.9 Å². The number of amides is 1. The third-order valence-corrected chi connectivity index (χ3v) is 2.24. The lowest BCUT2D eigenvalue weighted by Crippen LogP contribution is -2.44. The number of rotatable bonds is 4. The molecule has 0 bridgehead atoms. The average Bonchev–Trinajstić information content (AvgIpc) is 2.65. The summed E-state index contributed by atoms with van der Waals surface area (Å²) in [5, 5.41) is 2.75. The summed E-state index contributed by atoms with van der Waals surface area (Å²) in [5.74, 6) is 0.888. The van der Waals surface area contributed by atoms with E-state index in [1.165, 1.54) is 0 Å². The van der Waals surface area contributed by atoms with Crippen LogP contribution in [0.1, 0.15) is 20.3 Å². The molecule has 1 aliphatic rings. The Hall–Kier alpha value is -1.03. The van der Waals surface area contributed by atoms with Gasteiger partial charge in [0, 0.05) is 6.42 Å². The average molecular weight is 198 g/mol. The molecule has 14 heavy (non-hydrogen) atoms. The fourth-order valence-electron chi connectivity index (χ4n) is 1.19. The monoisotopic (exact) mass is 198 g/mol. The zero-order valence-electron chi connectivity index (χ0n) is 8.75. The number of hydrogen-bond acceptors (Lipinski definition) is 3. The summed E-state index contributed by atoms with van der Waals surface area (Å²) >= 11 is 0. The highest BCUT2D eigenvalue weighted by Gasteiger charge is 2.17. The van der Waals surface area contributed by atoms with Gasteiger partial charge in [0.15, 0.2) is 0 Å². The van der Waals surface area contributed by atoms with Gasteiger partial charge in [-0.15, -0.1) is 0 Å². The van der Waals surface area contributed by atoms with Gasteiger partial charge in [-0.2, -0.15) is 0 Å². The summed E-state index contributed by atoms with van der Waals surface area (Å²) in [6, 6.07) is -0.433. The van der Waals surface area contributed by atoms with E-state index in [1.54, 1.807) is 0 Å². The van der Waals surface area contributed by atoms with Crippen molar-refractivity contribution in [3.8, 4) is 0 Å². The Morgan fingerprint density at radius 3 is 2.93 bits per heavy atom. The Labute approximate surface area is 84.5 Å². The highest BCUT2D eigenvalue weighted by atomic mass is 16.5. The maximum atomic E-state index is 11.4. The molecule has 0 spiro atoms. The van der Waals surface area contributed by atoms with Crippen LogP contribution in [0.3, 0.4) is 0 Å². The molecule has 0 aliphatic carbocycles. The largest absolute Gasteiger partial charge is 0.496 e. The van der Waals surface area contributed by atoms with Gasteiger partial charge in [0.2, 0.25) is 5.91 Å². The van der Waals surface area contributed by atoms with Gasteiger partial charge < -0.3 is 15.8 Å². The molecule has 1 atom stereocenters. The first-order valence-electron chi connectivity index (χ1n) is 4.96. The van der Waals surface area contributed by atoms with Crippen molar-refractivity contribution < 1.29 is 9.53 Å². The van der Waals surface area contributed by atoms with E-state index in [4.69, 9.17) is 10.5 Å².